The summed E-state index contributed by atoms with van der Waals surface area (Å²) in [5.74, 6) is -0.748. The number of hydrogen-bond donors (Lipinski definition) is 1. The lowest BCUT2D eigenvalue weighted by Crippen LogP contribution is -2.51. The Bertz CT molecular complexity index is 1330. The lowest BCUT2D eigenvalue weighted by Gasteiger charge is -2.33. The summed E-state index contributed by atoms with van der Waals surface area (Å²) in [6.07, 6.45) is 4.50. The number of amides is 3. The van der Waals surface area contributed by atoms with Crippen molar-refractivity contribution in [2.45, 2.75) is 18.9 Å². The van der Waals surface area contributed by atoms with Crippen LogP contribution in [-0.4, -0.2) is 46.2 Å². The van der Waals surface area contributed by atoms with Gasteiger partial charge in [0.1, 0.15) is 16.9 Å². The van der Waals surface area contributed by atoms with Crippen molar-refractivity contribution < 1.29 is 19.1 Å². The second kappa shape index (κ2) is 9.68. The van der Waals surface area contributed by atoms with Crippen LogP contribution in [0.3, 0.4) is 0 Å². The van der Waals surface area contributed by atoms with Crippen LogP contribution in [0, 0.1) is 0 Å². The monoisotopic (exact) mass is 490 g/mol. The fraction of sp³-hybridized carbons (Fsp3) is 0.192. The minimum Gasteiger partial charge on any atom is -0.497 e. The summed E-state index contributed by atoms with van der Waals surface area (Å²) in [6, 6.07) is 12.3. The molecule has 1 aliphatic heterocycles. The second-order valence-corrected chi connectivity index (χ2v) is 8.50. The first-order chi connectivity index (χ1) is 16.8. The lowest BCUT2D eigenvalue weighted by atomic mass is 9.78. The standard InChI is InChI=1S/C26H23ClN4O4/c1-4-26(25(34)30-16(2)32,15-31-14-18-7-10-20(35-3)13-21(18)24(31)33)19-8-5-17(6-9-19)22-23(27)29-12-11-28-22/h4-13H,1,14-15H2,2-3H3,(H,30,32,34)/t26-/m1/s1. The summed E-state index contributed by atoms with van der Waals surface area (Å²) in [7, 11) is 1.53. The van der Waals surface area contributed by atoms with Gasteiger partial charge < -0.3 is 9.64 Å². The Morgan fingerprint density at radius 1 is 1.20 bits per heavy atom. The zero-order valence-corrected chi connectivity index (χ0v) is 20.0. The Morgan fingerprint density at radius 3 is 2.54 bits per heavy atom. The zero-order chi connectivity index (χ0) is 25.2. The molecule has 178 valence electrons. The molecule has 0 aliphatic carbocycles. The number of carbonyl (C=O) groups excluding carboxylic acids is 3. The number of nitrogens with zero attached hydrogens (tertiary/aromatic N) is 3. The molecule has 0 saturated carbocycles. The van der Waals surface area contributed by atoms with Crippen LogP contribution in [0.2, 0.25) is 5.15 Å². The molecule has 2 heterocycles. The zero-order valence-electron chi connectivity index (χ0n) is 19.2. The van der Waals surface area contributed by atoms with Crippen molar-refractivity contribution in [1.82, 2.24) is 20.2 Å². The van der Waals surface area contributed by atoms with Crippen molar-refractivity contribution in [3.8, 4) is 17.0 Å². The van der Waals surface area contributed by atoms with Crippen LogP contribution in [0.1, 0.15) is 28.4 Å². The Morgan fingerprint density at radius 2 is 1.91 bits per heavy atom. The van der Waals surface area contributed by atoms with E-state index in [0.717, 1.165) is 5.56 Å². The van der Waals surface area contributed by atoms with Crippen molar-refractivity contribution in [2.75, 3.05) is 13.7 Å². The van der Waals surface area contributed by atoms with Crippen molar-refractivity contribution in [3.05, 3.63) is 89.4 Å². The maximum atomic E-state index is 13.4. The molecule has 2 aromatic carbocycles. The third-order valence-electron chi connectivity index (χ3n) is 6.01. The van der Waals surface area contributed by atoms with Gasteiger partial charge in [-0.1, -0.05) is 48.0 Å². The maximum absolute atomic E-state index is 13.4. The van der Waals surface area contributed by atoms with Crippen molar-refractivity contribution in [1.29, 1.82) is 0 Å². The summed E-state index contributed by atoms with van der Waals surface area (Å²) in [4.78, 5) is 48.3. The van der Waals surface area contributed by atoms with E-state index in [4.69, 9.17) is 16.3 Å². The average Bonchev–Trinajstić information content (AvgIpc) is 3.16. The molecule has 0 fully saturated rings. The van der Waals surface area contributed by atoms with Crippen LogP contribution in [0.25, 0.3) is 11.3 Å². The van der Waals surface area contributed by atoms with Gasteiger partial charge in [0.2, 0.25) is 11.8 Å². The summed E-state index contributed by atoms with van der Waals surface area (Å²) < 4.78 is 5.24. The first-order valence-electron chi connectivity index (χ1n) is 10.8. The van der Waals surface area contributed by atoms with E-state index in [1.807, 2.05) is 6.07 Å². The van der Waals surface area contributed by atoms with Crippen LogP contribution in [0.4, 0.5) is 0 Å². The van der Waals surface area contributed by atoms with E-state index in [1.165, 1.54) is 32.5 Å². The molecule has 3 amide bonds. The van der Waals surface area contributed by atoms with E-state index in [9.17, 15) is 14.4 Å². The van der Waals surface area contributed by atoms with Gasteiger partial charge in [-0.3, -0.25) is 24.7 Å². The number of imide groups is 1. The number of nitrogens with one attached hydrogen (secondary N) is 1. The Balaban J connectivity index is 1.72. The van der Waals surface area contributed by atoms with E-state index < -0.39 is 17.2 Å². The second-order valence-electron chi connectivity index (χ2n) is 8.14. The predicted octanol–water partition coefficient (Wildman–Crippen LogP) is 3.55. The molecule has 35 heavy (non-hydrogen) atoms. The van der Waals surface area contributed by atoms with Gasteiger partial charge in [-0.2, -0.15) is 0 Å². The van der Waals surface area contributed by atoms with Crippen LogP contribution < -0.4 is 10.1 Å². The summed E-state index contributed by atoms with van der Waals surface area (Å²) in [6.45, 7) is 5.46. The van der Waals surface area contributed by atoms with Crippen molar-refractivity contribution in [2.24, 2.45) is 0 Å². The number of hydrogen-bond acceptors (Lipinski definition) is 6. The Hall–Kier alpha value is -4.04. The van der Waals surface area contributed by atoms with Crippen LogP contribution in [0.5, 0.6) is 5.75 Å². The van der Waals surface area contributed by atoms with Crippen LogP contribution in [-0.2, 0) is 21.5 Å². The highest BCUT2D eigenvalue weighted by atomic mass is 35.5. The molecule has 9 heteroatoms. The minimum atomic E-state index is -1.39. The molecule has 8 nitrogen and oxygen atoms in total. The number of carbonyl (C=O) groups is 3. The van der Waals surface area contributed by atoms with Gasteiger partial charge in [0.15, 0.2) is 5.15 Å². The smallest absolute Gasteiger partial charge is 0.254 e. The predicted molar refractivity (Wildman–Crippen MR) is 131 cm³/mol. The topological polar surface area (TPSA) is 101 Å². The number of halogens is 1. The normalized spacial score (nSPS) is 14.1. The molecule has 1 aliphatic rings. The van der Waals surface area contributed by atoms with E-state index >= 15 is 0 Å². The number of ether oxygens (including phenoxy) is 1. The van der Waals surface area contributed by atoms with E-state index in [2.05, 4.69) is 21.9 Å². The third kappa shape index (κ3) is 4.52. The summed E-state index contributed by atoms with van der Waals surface area (Å²) in [5.41, 5.74) is 1.70. The van der Waals surface area contributed by atoms with Crippen molar-refractivity contribution >= 4 is 29.3 Å². The Labute approximate surface area is 207 Å². The molecule has 1 atom stereocenters. The molecule has 0 bridgehead atoms. The quantitative estimate of drug-likeness (QED) is 0.508. The molecule has 3 aromatic rings. The first-order valence-corrected chi connectivity index (χ1v) is 11.2. The van der Waals surface area contributed by atoms with Crippen molar-refractivity contribution in [3.63, 3.8) is 0 Å². The third-order valence-corrected chi connectivity index (χ3v) is 6.28. The largest absolute Gasteiger partial charge is 0.497 e. The van der Waals surface area contributed by atoms with Gasteiger partial charge in [-0.25, -0.2) is 4.98 Å². The number of rotatable bonds is 7. The summed E-state index contributed by atoms with van der Waals surface area (Å²) >= 11 is 6.17. The maximum Gasteiger partial charge on any atom is 0.254 e. The molecular weight excluding hydrogens is 468 g/mol. The Kier molecular flexibility index (Phi) is 6.66. The number of methoxy groups -OCH3 is 1. The molecule has 1 N–H and O–H groups in total. The average molecular weight is 491 g/mol. The van der Waals surface area contributed by atoms with Gasteiger partial charge in [0.05, 0.1) is 7.11 Å². The lowest BCUT2D eigenvalue weighted by molar-refractivity contribution is -0.132. The highest BCUT2D eigenvalue weighted by molar-refractivity contribution is 6.31. The molecular formula is C26H23ClN4O4. The number of benzene rings is 2. The van der Waals surface area contributed by atoms with Gasteiger partial charge in [0, 0.05) is 43.5 Å². The number of aromatic nitrogens is 2. The van der Waals surface area contributed by atoms with Gasteiger partial charge >= 0.3 is 0 Å². The molecule has 0 radical (unpaired) electrons. The number of fused-ring (bicyclic) bond motifs is 1. The van der Waals surface area contributed by atoms with E-state index in [-0.39, 0.29) is 17.6 Å². The van der Waals surface area contributed by atoms with E-state index in [1.54, 1.807) is 41.3 Å². The molecule has 0 spiro atoms. The minimum absolute atomic E-state index is 0.0172. The molecule has 0 unspecified atom stereocenters. The fourth-order valence-electron chi connectivity index (χ4n) is 4.18. The highest BCUT2D eigenvalue weighted by Gasteiger charge is 2.42. The van der Waals surface area contributed by atoms with Crippen LogP contribution >= 0.6 is 11.6 Å². The van der Waals surface area contributed by atoms with E-state index in [0.29, 0.717) is 34.7 Å². The molecule has 4 rings (SSSR count). The van der Waals surface area contributed by atoms with Crippen LogP contribution in [0.15, 0.2) is 67.5 Å². The SMILES string of the molecule is C=C[C@](CN1Cc2ccc(OC)cc2C1=O)(C(=O)NC(C)=O)c1ccc(-c2nccnc2Cl)cc1. The highest BCUT2D eigenvalue weighted by Crippen LogP contribution is 2.34. The first kappa shape index (κ1) is 24.1. The fourth-order valence-corrected chi connectivity index (χ4v) is 4.39. The molecule has 0 saturated heterocycles. The van der Waals surface area contributed by atoms with Gasteiger partial charge in [0.25, 0.3) is 5.91 Å². The summed E-state index contributed by atoms with van der Waals surface area (Å²) in [5, 5.41) is 2.62. The van der Waals surface area contributed by atoms with Gasteiger partial charge in [-0.05, 0) is 23.3 Å². The van der Waals surface area contributed by atoms with Gasteiger partial charge in [-0.15, -0.1) is 6.58 Å². The molecule has 1 aromatic heterocycles.